The number of rotatable bonds is 0. The van der Waals surface area contributed by atoms with E-state index in [1.54, 1.807) is 0 Å². The van der Waals surface area contributed by atoms with Crippen LogP contribution in [0.2, 0.25) is 0 Å². The van der Waals surface area contributed by atoms with E-state index in [1.807, 2.05) is 25.1 Å². The SMILES string of the molecule is Cc1ccc2c(c1)C(=O)CC1(CC[NH+]([O-])CC1)[S+]2[O-].Cl. The molecule has 2 aliphatic heterocycles. The van der Waals surface area contributed by atoms with Crippen molar-refractivity contribution in [3.63, 3.8) is 0 Å². The molecule has 110 valence electrons. The molecule has 1 aromatic carbocycles. The number of piperidine rings is 1. The number of halogens is 1. The van der Waals surface area contributed by atoms with Gasteiger partial charge in [-0.05, 0) is 30.2 Å². The molecule has 0 bridgehead atoms. The smallest absolute Gasteiger partial charge is 0.173 e. The number of carbonyl (C=O) groups is 1. The summed E-state index contributed by atoms with van der Waals surface area (Å²) in [5.74, 6) is 0.0765. The Morgan fingerprint density at radius 1 is 1.30 bits per heavy atom. The Morgan fingerprint density at radius 2 is 1.95 bits per heavy atom. The van der Waals surface area contributed by atoms with Crippen molar-refractivity contribution in [1.82, 2.24) is 0 Å². The van der Waals surface area contributed by atoms with E-state index in [4.69, 9.17) is 0 Å². The number of benzene rings is 1. The minimum absolute atomic E-state index is 0. The minimum Gasteiger partial charge on any atom is -0.634 e. The Balaban J connectivity index is 0.00000147. The highest BCUT2D eigenvalue weighted by molar-refractivity contribution is 7.93. The normalized spacial score (nSPS) is 32.6. The highest BCUT2D eigenvalue weighted by Gasteiger charge is 2.52. The van der Waals surface area contributed by atoms with Gasteiger partial charge in [0.05, 0.1) is 25.1 Å². The molecule has 4 nitrogen and oxygen atoms in total. The van der Waals surface area contributed by atoms with Crippen molar-refractivity contribution in [2.75, 3.05) is 13.1 Å². The maximum absolute atomic E-state index is 12.8. The van der Waals surface area contributed by atoms with Gasteiger partial charge in [0.15, 0.2) is 10.7 Å². The molecule has 0 aliphatic carbocycles. The quantitative estimate of drug-likeness (QED) is 0.574. The number of Topliss-reactive ketones (excluding diaryl/α,β-unsaturated/α-hetero) is 1. The number of hydrogen-bond donors (Lipinski definition) is 1. The molecule has 2 heterocycles. The summed E-state index contributed by atoms with van der Waals surface area (Å²) in [7, 11) is 0. The van der Waals surface area contributed by atoms with Gasteiger partial charge in [-0.3, -0.25) is 4.79 Å². The minimum atomic E-state index is -1.18. The van der Waals surface area contributed by atoms with Crippen LogP contribution in [0.5, 0.6) is 0 Å². The first-order valence-corrected chi connectivity index (χ1v) is 7.74. The van der Waals surface area contributed by atoms with Crippen molar-refractivity contribution in [3.05, 3.63) is 34.5 Å². The van der Waals surface area contributed by atoms with Crippen molar-refractivity contribution in [1.29, 1.82) is 0 Å². The van der Waals surface area contributed by atoms with Crippen molar-refractivity contribution >= 4 is 29.4 Å². The summed E-state index contributed by atoms with van der Waals surface area (Å²) >= 11 is -1.18. The molecule has 20 heavy (non-hydrogen) atoms. The van der Waals surface area contributed by atoms with Gasteiger partial charge >= 0.3 is 0 Å². The first-order chi connectivity index (χ1) is 9.02. The molecule has 1 aromatic rings. The van der Waals surface area contributed by atoms with Gasteiger partial charge in [-0.25, -0.2) is 0 Å². The zero-order valence-electron chi connectivity index (χ0n) is 11.3. The third kappa shape index (κ3) is 2.49. The first kappa shape index (κ1) is 15.8. The van der Waals surface area contributed by atoms with Crippen molar-refractivity contribution in [2.45, 2.75) is 35.8 Å². The molecule has 1 atom stereocenters. The van der Waals surface area contributed by atoms with Crippen LogP contribution in [0, 0.1) is 12.1 Å². The predicted octanol–water partition coefficient (Wildman–Crippen LogP) is 1.03. The summed E-state index contributed by atoms with van der Waals surface area (Å²) in [6.45, 7) is 2.85. The molecule has 2 aliphatic rings. The van der Waals surface area contributed by atoms with Crippen LogP contribution in [0.4, 0.5) is 0 Å². The van der Waals surface area contributed by atoms with Gasteiger partial charge in [-0.2, -0.15) is 0 Å². The average Bonchev–Trinajstić information content (AvgIpc) is 2.39. The largest absolute Gasteiger partial charge is 0.634 e. The number of aryl methyl sites for hydroxylation is 1. The Labute approximate surface area is 127 Å². The second kappa shape index (κ2) is 5.66. The van der Waals surface area contributed by atoms with Crippen LogP contribution < -0.4 is 5.06 Å². The van der Waals surface area contributed by atoms with Crippen LogP contribution in [-0.2, 0) is 11.2 Å². The first-order valence-electron chi connectivity index (χ1n) is 6.59. The summed E-state index contributed by atoms with van der Waals surface area (Å²) in [6.07, 6.45) is 1.48. The van der Waals surface area contributed by atoms with Crippen LogP contribution in [0.25, 0.3) is 0 Å². The number of nitrogens with one attached hydrogen (secondary N) is 1. The Morgan fingerprint density at radius 3 is 2.60 bits per heavy atom. The van der Waals surface area contributed by atoms with Gasteiger partial charge in [-0.1, -0.05) is 11.6 Å². The van der Waals surface area contributed by atoms with E-state index in [0.717, 1.165) is 5.56 Å². The van der Waals surface area contributed by atoms with Crippen molar-refractivity contribution < 1.29 is 14.4 Å². The molecule has 0 saturated carbocycles. The van der Waals surface area contributed by atoms with Gasteiger partial charge in [0.25, 0.3) is 0 Å². The Bertz CT molecular complexity index is 529. The standard InChI is InChI=1S/C14H17NO3S.ClH/c1-10-2-3-13-11(8-10)12(16)9-14(19(13)18)4-6-15(17)7-5-14;/h2-3,8,15H,4-7,9H2,1H3;1H. The summed E-state index contributed by atoms with van der Waals surface area (Å²) < 4.78 is 12.3. The third-order valence-corrected chi connectivity index (χ3v) is 6.32. The van der Waals surface area contributed by atoms with Crippen molar-refractivity contribution in [2.24, 2.45) is 0 Å². The van der Waals surface area contributed by atoms with Gasteiger partial charge in [0.1, 0.15) is 4.75 Å². The summed E-state index contributed by atoms with van der Waals surface area (Å²) in [6, 6.07) is 5.55. The van der Waals surface area contributed by atoms with Crippen LogP contribution in [0.1, 0.15) is 35.2 Å². The van der Waals surface area contributed by atoms with E-state index in [1.165, 1.54) is 0 Å². The predicted molar refractivity (Wildman–Crippen MR) is 79.8 cm³/mol. The maximum Gasteiger partial charge on any atom is 0.173 e. The van der Waals surface area contributed by atoms with Gasteiger partial charge in [-0.15, -0.1) is 12.4 Å². The van der Waals surface area contributed by atoms with E-state index in [9.17, 15) is 14.6 Å². The van der Waals surface area contributed by atoms with Gasteiger partial charge in [0.2, 0.25) is 0 Å². The number of hydroxylamine groups is 2. The molecule has 6 heteroatoms. The zero-order valence-corrected chi connectivity index (χ0v) is 12.9. The molecule has 1 N–H and O–H groups in total. The van der Waals surface area contributed by atoms with Crippen LogP contribution in [0.3, 0.4) is 0 Å². The third-order valence-electron chi connectivity index (χ3n) is 4.23. The summed E-state index contributed by atoms with van der Waals surface area (Å²) in [5, 5.41) is 11.6. The number of ketones is 1. The fraction of sp³-hybridized carbons (Fsp3) is 0.500. The molecule has 1 saturated heterocycles. The van der Waals surface area contributed by atoms with E-state index in [2.05, 4.69) is 0 Å². The fourth-order valence-corrected chi connectivity index (χ4v) is 4.92. The molecule has 1 unspecified atom stereocenters. The van der Waals surface area contributed by atoms with Crippen LogP contribution in [-0.4, -0.2) is 28.2 Å². The van der Waals surface area contributed by atoms with E-state index in [-0.39, 0.29) is 23.3 Å². The molecule has 0 amide bonds. The molecule has 1 fully saturated rings. The monoisotopic (exact) mass is 315 g/mol. The molecular formula is C14H18ClNO3S. The van der Waals surface area contributed by atoms with Crippen molar-refractivity contribution in [3.8, 4) is 0 Å². The van der Waals surface area contributed by atoms with E-state index in [0.29, 0.717) is 42.8 Å². The van der Waals surface area contributed by atoms with E-state index < -0.39 is 15.9 Å². The molecule has 0 aromatic heterocycles. The summed E-state index contributed by atoms with van der Waals surface area (Å²) in [4.78, 5) is 13.0. The summed E-state index contributed by atoms with van der Waals surface area (Å²) in [5.41, 5.74) is 1.62. The molecular weight excluding hydrogens is 298 g/mol. The molecule has 1 spiro atoms. The number of hydrogen-bond acceptors (Lipinski definition) is 3. The maximum atomic E-state index is 12.8. The zero-order chi connectivity index (χ0) is 13.6. The highest BCUT2D eigenvalue weighted by atomic mass is 35.5. The second-order valence-corrected chi connectivity index (χ2v) is 7.43. The lowest BCUT2D eigenvalue weighted by atomic mass is 9.88. The van der Waals surface area contributed by atoms with Gasteiger partial charge in [0, 0.05) is 12.8 Å². The molecule has 3 rings (SSSR count). The average molecular weight is 316 g/mol. The van der Waals surface area contributed by atoms with Gasteiger partial charge < -0.3 is 14.8 Å². The Hall–Kier alpha value is -0.590. The second-order valence-electron chi connectivity index (χ2n) is 5.59. The van der Waals surface area contributed by atoms with E-state index >= 15 is 0 Å². The Kier molecular flexibility index (Phi) is 4.47. The highest BCUT2D eigenvalue weighted by Crippen LogP contribution is 2.42. The lowest BCUT2D eigenvalue weighted by Crippen LogP contribution is -3.09. The van der Waals surface area contributed by atoms with Crippen LogP contribution in [0.15, 0.2) is 23.1 Å². The topological polar surface area (TPSA) is 67.6 Å². The lowest BCUT2D eigenvalue weighted by molar-refractivity contribution is -0.854. The molecule has 0 radical (unpaired) electrons. The van der Waals surface area contributed by atoms with Crippen LogP contribution >= 0.6 is 12.4 Å². The fourth-order valence-electron chi connectivity index (χ4n) is 3.06. The number of fused-ring (bicyclic) bond motifs is 1. The number of quaternary nitrogens is 1. The number of carbonyl (C=O) groups excluding carboxylic acids is 1. The lowest BCUT2D eigenvalue weighted by Gasteiger charge is -2.43.